The predicted molar refractivity (Wildman–Crippen MR) is 130 cm³/mol. The zero-order valence-corrected chi connectivity index (χ0v) is 19.7. The monoisotopic (exact) mass is 467 g/mol. The van der Waals surface area contributed by atoms with Crippen LogP contribution >= 0.6 is 0 Å². The number of fused-ring (bicyclic) bond motifs is 6. The molecule has 3 saturated heterocycles. The molecule has 7 heteroatoms. The van der Waals surface area contributed by atoms with Crippen molar-refractivity contribution < 1.29 is 14.3 Å². The number of aromatic nitrogens is 1. The molecular formula is C28H25N3O4. The first-order chi connectivity index (χ1) is 16.8. The van der Waals surface area contributed by atoms with Crippen molar-refractivity contribution in [1.29, 1.82) is 5.26 Å². The van der Waals surface area contributed by atoms with Crippen LogP contribution in [0.25, 0.3) is 10.8 Å². The van der Waals surface area contributed by atoms with Crippen LogP contribution in [0.3, 0.4) is 0 Å². The van der Waals surface area contributed by atoms with E-state index in [9.17, 15) is 19.6 Å². The fourth-order valence-electron chi connectivity index (χ4n) is 6.63. The molecule has 4 atom stereocenters. The van der Waals surface area contributed by atoms with Crippen LogP contribution in [-0.4, -0.2) is 27.6 Å². The van der Waals surface area contributed by atoms with Crippen molar-refractivity contribution in [2.24, 2.45) is 11.8 Å². The van der Waals surface area contributed by atoms with Crippen LogP contribution in [0.5, 0.6) is 0 Å². The number of aryl methyl sites for hydroxylation is 1. The smallest absolute Gasteiger partial charge is 0.250 e. The summed E-state index contributed by atoms with van der Waals surface area (Å²) >= 11 is 0. The second-order valence-electron chi connectivity index (χ2n) is 10.1. The third-order valence-corrected chi connectivity index (χ3v) is 8.30. The van der Waals surface area contributed by atoms with E-state index in [1.807, 2.05) is 44.2 Å². The Morgan fingerprint density at radius 2 is 1.71 bits per heavy atom. The van der Waals surface area contributed by atoms with E-state index in [1.165, 1.54) is 11.0 Å². The van der Waals surface area contributed by atoms with E-state index in [1.54, 1.807) is 22.8 Å². The van der Waals surface area contributed by atoms with Crippen molar-refractivity contribution in [3.8, 4) is 6.07 Å². The van der Waals surface area contributed by atoms with Gasteiger partial charge in [-0.15, -0.1) is 0 Å². The molecule has 0 saturated carbocycles. The average Bonchev–Trinajstić information content (AvgIpc) is 3.43. The number of carbonyl (C=O) groups is 2. The highest BCUT2D eigenvalue weighted by molar-refractivity contribution is 6.26. The molecule has 4 unspecified atom stereocenters. The zero-order valence-electron chi connectivity index (χ0n) is 19.7. The molecule has 6 rings (SSSR count). The number of nitriles is 1. The van der Waals surface area contributed by atoms with Crippen LogP contribution in [0.1, 0.15) is 37.4 Å². The Morgan fingerprint density at radius 3 is 2.46 bits per heavy atom. The second kappa shape index (κ2) is 7.37. The van der Waals surface area contributed by atoms with E-state index < -0.39 is 23.0 Å². The van der Waals surface area contributed by atoms with Gasteiger partial charge in [0.25, 0.3) is 5.56 Å². The van der Waals surface area contributed by atoms with Gasteiger partial charge in [-0.25, -0.2) is 4.90 Å². The van der Waals surface area contributed by atoms with Crippen LogP contribution in [0.4, 0.5) is 5.69 Å². The van der Waals surface area contributed by atoms with Crippen molar-refractivity contribution in [3.05, 3.63) is 76.2 Å². The van der Waals surface area contributed by atoms with Crippen LogP contribution in [-0.2, 0) is 20.9 Å². The summed E-state index contributed by atoms with van der Waals surface area (Å²) in [4.78, 5) is 41.5. The van der Waals surface area contributed by atoms with E-state index in [4.69, 9.17) is 4.74 Å². The summed E-state index contributed by atoms with van der Waals surface area (Å²) in [7, 11) is 0. The average molecular weight is 468 g/mol. The third-order valence-electron chi connectivity index (χ3n) is 8.30. The van der Waals surface area contributed by atoms with Gasteiger partial charge in [-0.1, -0.05) is 30.3 Å². The zero-order chi connectivity index (χ0) is 24.5. The standard InChI is InChI=1S/C28H25N3O4/c1-17-6-5-9-22(32)30(17)15-14-28-13-12-27(2,35-28)23-24(28)26(34)31(25(23)33)21-11-10-18(16-29)19-7-3-4-8-20(19)21/h3-11,23-24H,12-15H2,1-2H3. The molecule has 0 spiro atoms. The maximum atomic E-state index is 14.0. The Hall–Kier alpha value is -3.76. The summed E-state index contributed by atoms with van der Waals surface area (Å²) in [6.07, 6.45) is 1.85. The fraction of sp³-hybridized carbons (Fsp3) is 0.357. The van der Waals surface area contributed by atoms with Crippen molar-refractivity contribution in [3.63, 3.8) is 0 Å². The highest BCUT2D eigenvalue weighted by atomic mass is 16.5. The molecule has 2 bridgehead atoms. The fourth-order valence-corrected chi connectivity index (χ4v) is 6.63. The maximum absolute atomic E-state index is 14.0. The number of amides is 2. The maximum Gasteiger partial charge on any atom is 0.250 e. The lowest BCUT2D eigenvalue weighted by atomic mass is 9.67. The van der Waals surface area contributed by atoms with Gasteiger partial charge in [-0.2, -0.15) is 5.26 Å². The Bertz CT molecular complexity index is 1520. The van der Waals surface area contributed by atoms with E-state index in [0.29, 0.717) is 47.8 Å². The van der Waals surface area contributed by atoms with Gasteiger partial charge in [0, 0.05) is 29.1 Å². The van der Waals surface area contributed by atoms with E-state index in [2.05, 4.69) is 6.07 Å². The summed E-state index contributed by atoms with van der Waals surface area (Å²) in [5.41, 5.74) is 0.271. The lowest BCUT2D eigenvalue weighted by molar-refractivity contribution is -0.130. The number of imide groups is 1. The Labute approximate surface area is 202 Å². The summed E-state index contributed by atoms with van der Waals surface area (Å²) in [6.45, 7) is 4.25. The highest BCUT2D eigenvalue weighted by Gasteiger charge is 2.73. The minimum Gasteiger partial charge on any atom is -0.367 e. The molecule has 3 aliphatic rings. The molecular weight excluding hydrogens is 442 g/mol. The number of hydrogen-bond acceptors (Lipinski definition) is 5. The van der Waals surface area contributed by atoms with Gasteiger partial charge in [0.1, 0.15) is 0 Å². The number of nitrogens with zero attached hydrogens (tertiary/aromatic N) is 3. The van der Waals surface area contributed by atoms with E-state index in [-0.39, 0.29) is 17.4 Å². The topological polar surface area (TPSA) is 92.4 Å². The SMILES string of the molecule is Cc1cccc(=O)n1CCC12CCC(C)(O1)C1C(=O)N(c3ccc(C#N)c4ccccc34)C(=O)C12. The lowest BCUT2D eigenvalue weighted by Gasteiger charge is -2.31. The lowest BCUT2D eigenvalue weighted by Crippen LogP contribution is -2.43. The molecule has 4 heterocycles. The van der Waals surface area contributed by atoms with Crippen LogP contribution in [0, 0.1) is 30.1 Å². The molecule has 176 valence electrons. The molecule has 0 N–H and O–H groups in total. The number of carbonyl (C=O) groups excluding carboxylic acids is 2. The second-order valence-corrected chi connectivity index (χ2v) is 10.1. The molecule has 2 amide bonds. The van der Waals surface area contributed by atoms with Crippen molar-refractivity contribution in [1.82, 2.24) is 4.57 Å². The quantitative estimate of drug-likeness (QED) is 0.546. The molecule has 0 aliphatic carbocycles. The Balaban J connectivity index is 1.41. The van der Waals surface area contributed by atoms with Gasteiger partial charge in [0.2, 0.25) is 11.8 Å². The minimum atomic E-state index is -0.787. The number of rotatable bonds is 4. The number of ether oxygens (including phenoxy) is 1. The number of hydrogen-bond donors (Lipinski definition) is 0. The van der Waals surface area contributed by atoms with Crippen molar-refractivity contribution >= 4 is 28.3 Å². The summed E-state index contributed by atoms with van der Waals surface area (Å²) < 4.78 is 8.24. The van der Waals surface area contributed by atoms with Gasteiger partial charge in [0.15, 0.2) is 0 Å². The first kappa shape index (κ1) is 21.8. The Morgan fingerprint density at radius 1 is 0.971 bits per heavy atom. The van der Waals surface area contributed by atoms with Crippen LogP contribution in [0.15, 0.2) is 59.4 Å². The molecule has 3 aliphatic heterocycles. The van der Waals surface area contributed by atoms with Crippen molar-refractivity contribution in [2.75, 3.05) is 4.90 Å². The number of benzene rings is 2. The molecule has 3 aromatic rings. The third kappa shape index (κ3) is 2.90. The van der Waals surface area contributed by atoms with Gasteiger partial charge >= 0.3 is 0 Å². The van der Waals surface area contributed by atoms with E-state index in [0.717, 1.165) is 5.69 Å². The Kier molecular flexibility index (Phi) is 4.58. The predicted octanol–water partition coefficient (Wildman–Crippen LogP) is 3.70. The van der Waals surface area contributed by atoms with Gasteiger partial charge < -0.3 is 9.30 Å². The molecule has 3 fully saturated rings. The van der Waals surface area contributed by atoms with Crippen LogP contribution in [0.2, 0.25) is 0 Å². The summed E-state index contributed by atoms with van der Waals surface area (Å²) in [5, 5.41) is 10.9. The number of pyridine rings is 1. The van der Waals surface area contributed by atoms with Gasteiger partial charge in [0.05, 0.1) is 40.4 Å². The molecule has 35 heavy (non-hydrogen) atoms. The van der Waals surface area contributed by atoms with Gasteiger partial charge in [-0.3, -0.25) is 14.4 Å². The largest absolute Gasteiger partial charge is 0.367 e. The summed E-state index contributed by atoms with van der Waals surface area (Å²) in [5.74, 6) is -1.66. The number of anilines is 1. The molecule has 7 nitrogen and oxygen atoms in total. The molecule has 1 aromatic heterocycles. The van der Waals surface area contributed by atoms with E-state index >= 15 is 0 Å². The summed E-state index contributed by atoms with van der Waals surface area (Å²) in [6, 6.07) is 18.1. The minimum absolute atomic E-state index is 0.0868. The normalized spacial score (nSPS) is 29.1. The van der Waals surface area contributed by atoms with Gasteiger partial charge in [-0.05, 0) is 51.3 Å². The molecule has 0 radical (unpaired) electrons. The van der Waals surface area contributed by atoms with Crippen LogP contribution < -0.4 is 10.5 Å². The highest BCUT2D eigenvalue weighted by Crippen LogP contribution is 2.62. The molecule has 2 aromatic carbocycles. The first-order valence-electron chi connectivity index (χ1n) is 12.0. The van der Waals surface area contributed by atoms with Crippen molar-refractivity contribution in [2.45, 2.75) is 50.9 Å². The first-order valence-corrected chi connectivity index (χ1v) is 12.0.